The van der Waals surface area contributed by atoms with Gasteiger partial charge in [0, 0.05) is 26.1 Å². The zero-order chi connectivity index (χ0) is 27.4. The molecule has 2 aromatic rings. The predicted molar refractivity (Wildman–Crippen MR) is 151 cm³/mol. The van der Waals surface area contributed by atoms with Crippen LogP contribution in [-0.2, 0) is 32.5 Å². The Balaban J connectivity index is 2.14. The van der Waals surface area contributed by atoms with Crippen molar-refractivity contribution in [3.63, 3.8) is 0 Å². The molecule has 37 heavy (non-hydrogen) atoms. The maximum Gasteiger partial charge on any atom is 0.242 e. The first-order valence-corrected chi connectivity index (χ1v) is 15.1. The summed E-state index contributed by atoms with van der Waals surface area (Å²) in [7, 11) is -3.51. The lowest BCUT2D eigenvalue weighted by molar-refractivity contribution is -0.140. The van der Waals surface area contributed by atoms with Gasteiger partial charge in [0.15, 0.2) is 0 Å². The van der Waals surface area contributed by atoms with Crippen LogP contribution in [-0.4, -0.2) is 57.1 Å². The van der Waals surface area contributed by atoms with Gasteiger partial charge in [-0.25, -0.2) is 8.42 Å². The fourth-order valence-corrected chi connectivity index (χ4v) is 5.19. The molecule has 1 atom stereocenters. The van der Waals surface area contributed by atoms with E-state index in [0.717, 1.165) is 17.5 Å². The molecule has 0 aliphatic carbocycles. The molecule has 0 fully saturated rings. The van der Waals surface area contributed by atoms with Gasteiger partial charge in [-0.1, -0.05) is 70.2 Å². The molecule has 0 radical (unpaired) electrons. The van der Waals surface area contributed by atoms with Crippen LogP contribution >= 0.6 is 0 Å². The quantitative estimate of drug-likeness (QED) is 0.370. The minimum absolute atomic E-state index is 0.141. The van der Waals surface area contributed by atoms with Crippen molar-refractivity contribution in [2.75, 3.05) is 30.2 Å². The number of sulfonamides is 1. The lowest BCUT2D eigenvalue weighted by Gasteiger charge is -2.31. The molecule has 1 unspecified atom stereocenters. The second kappa shape index (κ2) is 14.8. The number of rotatable bonds is 15. The van der Waals surface area contributed by atoms with Crippen LogP contribution in [0.4, 0.5) is 5.69 Å². The van der Waals surface area contributed by atoms with Gasteiger partial charge in [0.05, 0.1) is 11.9 Å². The third-order valence-electron chi connectivity index (χ3n) is 6.34. The van der Waals surface area contributed by atoms with Crippen molar-refractivity contribution in [2.45, 2.75) is 65.8 Å². The number of anilines is 1. The van der Waals surface area contributed by atoms with E-state index in [4.69, 9.17) is 0 Å². The molecule has 0 spiro atoms. The maximum absolute atomic E-state index is 13.4. The first kappa shape index (κ1) is 30.4. The highest BCUT2D eigenvalue weighted by Crippen LogP contribution is 2.20. The number of carbonyl (C=O) groups is 2. The summed E-state index contributed by atoms with van der Waals surface area (Å²) in [6, 6.07) is 16.8. The Labute approximate surface area is 223 Å². The maximum atomic E-state index is 13.4. The van der Waals surface area contributed by atoms with E-state index in [-0.39, 0.29) is 24.8 Å². The van der Waals surface area contributed by atoms with E-state index >= 15 is 0 Å². The molecule has 0 aliphatic heterocycles. The van der Waals surface area contributed by atoms with Gasteiger partial charge >= 0.3 is 0 Å². The normalized spacial score (nSPS) is 12.3. The van der Waals surface area contributed by atoms with E-state index in [9.17, 15) is 18.0 Å². The number of hydrogen-bond donors (Lipinski definition) is 1. The Morgan fingerprint density at radius 1 is 0.919 bits per heavy atom. The predicted octanol–water partition coefficient (Wildman–Crippen LogP) is 4.42. The van der Waals surface area contributed by atoms with Crippen molar-refractivity contribution in [1.82, 2.24) is 10.2 Å². The standard InChI is InChI=1S/C29H43N3O4S/c1-6-24-15-17-26(18-16-24)32(37(5,35)36)20-11-14-28(33)31(21-19-25-12-9-8-10-13-25)27(7-2)29(34)30-22-23(3)4/h8-10,12-13,15-18,23,27H,6-7,11,14,19-22H2,1-5H3,(H,30,34). The highest BCUT2D eigenvalue weighted by Gasteiger charge is 2.28. The molecule has 0 saturated carbocycles. The second-order valence-electron chi connectivity index (χ2n) is 9.84. The summed E-state index contributed by atoms with van der Waals surface area (Å²) >= 11 is 0. The lowest BCUT2D eigenvalue weighted by atomic mass is 10.1. The zero-order valence-electron chi connectivity index (χ0n) is 22.9. The van der Waals surface area contributed by atoms with Crippen molar-refractivity contribution >= 4 is 27.5 Å². The zero-order valence-corrected chi connectivity index (χ0v) is 23.8. The van der Waals surface area contributed by atoms with Gasteiger partial charge in [-0.2, -0.15) is 0 Å². The summed E-state index contributed by atoms with van der Waals surface area (Å²) < 4.78 is 26.4. The molecule has 8 heteroatoms. The SMILES string of the molecule is CCc1ccc(N(CCCC(=O)N(CCc2ccccc2)C(CC)C(=O)NCC(C)C)S(C)(=O)=O)cc1. The van der Waals surface area contributed by atoms with Crippen LogP contribution in [0.25, 0.3) is 0 Å². The molecule has 2 aromatic carbocycles. The van der Waals surface area contributed by atoms with E-state index in [0.29, 0.717) is 44.0 Å². The molecular weight excluding hydrogens is 486 g/mol. The Hall–Kier alpha value is -2.87. The number of nitrogens with one attached hydrogen (secondary N) is 1. The smallest absolute Gasteiger partial charge is 0.242 e. The van der Waals surface area contributed by atoms with Crippen LogP contribution in [0.1, 0.15) is 58.1 Å². The molecule has 2 amide bonds. The van der Waals surface area contributed by atoms with Gasteiger partial charge in [-0.05, 0) is 54.9 Å². The van der Waals surface area contributed by atoms with Crippen LogP contribution < -0.4 is 9.62 Å². The summed E-state index contributed by atoms with van der Waals surface area (Å²) in [6.07, 6.45) is 3.70. The average molecular weight is 530 g/mol. The highest BCUT2D eigenvalue weighted by atomic mass is 32.2. The van der Waals surface area contributed by atoms with Crippen LogP contribution in [0.15, 0.2) is 54.6 Å². The molecule has 1 N–H and O–H groups in total. The van der Waals surface area contributed by atoms with Gasteiger partial charge in [0.1, 0.15) is 6.04 Å². The molecule has 7 nitrogen and oxygen atoms in total. The number of carbonyl (C=O) groups excluding carboxylic acids is 2. The Bertz CT molecular complexity index is 1090. The summed E-state index contributed by atoms with van der Waals surface area (Å²) in [5, 5.41) is 2.97. The van der Waals surface area contributed by atoms with E-state index in [2.05, 4.69) is 5.32 Å². The first-order chi connectivity index (χ1) is 17.6. The number of aryl methyl sites for hydroxylation is 1. The Morgan fingerprint density at radius 2 is 1.57 bits per heavy atom. The summed E-state index contributed by atoms with van der Waals surface area (Å²) in [6.45, 7) is 9.19. The number of hydrogen-bond acceptors (Lipinski definition) is 4. The molecule has 0 saturated heterocycles. The monoisotopic (exact) mass is 529 g/mol. The van der Waals surface area contributed by atoms with Gasteiger partial charge < -0.3 is 10.2 Å². The summed E-state index contributed by atoms with van der Waals surface area (Å²) in [5.74, 6) is 0.0203. The van der Waals surface area contributed by atoms with Crippen LogP contribution in [0.2, 0.25) is 0 Å². The first-order valence-electron chi connectivity index (χ1n) is 13.2. The van der Waals surface area contributed by atoms with E-state index in [1.165, 1.54) is 10.6 Å². The van der Waals surface area contributed by atoms with Crippen LogP contribution in [0, 0.1) is 5.92 Å². The highest BCUT2D eigenvalue weighted by molar-refractivity contribution is 7.92. The fourth-order valence-electron chi connectivity index (χ4n) is 4.22. The molecule has 0 aliphatic rings. The largest absolute Gasteiger partial charge is 0.354 e. The van der Waals surface area contributed by atoms with E-state index in [1.807, 2.05) is 70.2 Å². The third-order valence-corrected chi connectivity index (χ3v) is 7.53. The van der Waals surface area contributed by atoms with Gasteiger partial charge in [0.2, 0.25) is 21.8 Å². The molecule has 0 aromatic heterocycles. The van der Waals surface area contributed by atoms with Gasteiger partial charge in [-0.15, -0.1) is 0 Å². The fraction of sp³-hybridized carbons (Fsp3) is 0.517. The van der Waals surface area contributed by atoms with Crippen molar-refractivity contribution in [2.24, 2.45) is 5.92 Å². The van der Waals surface area contributed by atoms with E-state index < -0.39 is 16.1 Å². The molecule has 2 rings (SSSR count). The van der Waals surface area contributed by atoms with Crippen LogP contribution in [0.5, 0.6) is 0 Å². The molecule has 0 bridgehead atoms. The minimum atomic E-state index is -3.51. The van der Waals surface area contributed by atoms with E-state index in [1.54, 1.807) is 17.0 Å². The number of amides is 2. The molecule has 204 valence electrons. The molecular formula is C29H43N3O4S. The summed E-state index contributed by atoms with van der Waals surface area (Å²) in [4.78, 5) is 28.1. The van der Waals surface area contributed by atoms with Crippen molar-refractivity contribution in [3.05, 3.63) is 65.7 Å². The minimum Gasteiger partial charge on any atom is -0.354 e. The van der Waals surface area contributed by atoms with Gasteiger partial charge in [0.25, 0.3) is 0 Å². The molecule has 0 heterocycles. The second-order valence-corrected chi connectivity index (χ2v) is 11.8. The number of benzene rings is 2. The lowest BCUT2D eigenvalue weighted by Crippen LogP contribution is -2.50. The third kappa shape index (κ3) is 9.84. The topological polar surface area (TPSA) is 86.8 Å². The average Bonchev–Trinajstić information content (AvgIpc) is 2.87. The Morgan fingerprint density at radius 3 is 2.11 bits per heavy atom. The van der Waals surface area contributed by atoms with Crippen molar-refractivity contribution < 1.29 is 18.0 Å². The van der Waals surface area contributed by atoms with Crippen LogP contribution in [0.3, 0.4) is 0 Å². The van der Waals surface area contributed by atoms with Crippen molar-refractivity contribution in [3.8, 4) is 0 Å². The van der Waals surface area contributed by atoms with Crippen molar-refractivity contribution in [1.29, 1.82) is 0 Å². The Kier molecular flexibility index (Phi) is 12.1. The van der Waals surface area contributed by atoms with Gasteiger partial charge in [-0.3, -0.25) is 13.9 Å². The summed E-state index contributed by atoms with van der Waals surface area (Å²) in [5.41, 5.74) is 2.81. The number of nitrogens with zero attached hydrogens (tertiary/aromatic N) is 2.